The summed E-state index contributed by atoms with van der Waals surface area (Å²) >= 11 is 3.47. The summed E-state index contributed by atoms with van der Waals surface area (Å²) < 4.78 is 0.855. The van der Waals surface area contributed by atoms with Crippen molar-refractivity contribution < 1.29 is 0 Å². The van der Waals surface area contributed by atoms with Gasteiger partial charge in [0.05, 0.1) is 17.4 Å². The number of hydrogen-bond acceptors (Lipinski definition) is 3. The highest BCUT2D eigenvalue weighted by Crippen LogP contribution is 2.32. The van der Waals surface area contributed by atoms with Crippen LogP contribution in [0.15, 0.2) is 41.3 Å². The van der Waals surface area contributed by atoms with E-state index in [1.165, 1.54) is 17.7 Å². The van der Waals surface area contributed by atoms with Crippen molar-refractivity contribution in [3.8, 4) is 0 Å². The predicted molar refractivity (Wildman–Crippen MR) is 75.5 cm³/mol. The number of pyridine rings is 2. The van der Waals surface area contributed by atoms with Crippen LogP contribution in [0.4, 0.5) is 5.69 Å². The molecule has 0 fully saturated rings. The molecule has 0 saturated carbocycles. The van der Waals surface area contributed by atoms with Gasteiger partial charge in [0.15, 0.2) is 0 Å². The van der Waals surface area contributed by atoms with Gasteiger partial charge in [-0.3, -0.25) is 4.98 Å². The van der Waals surface area contributed by atoms with Gasteiger partial charge in [-0.15, -0.1) is 0 Å². The van der Waals surface area contributed by atoms with Crippen LogP contribution in [0.2, 0.25) is 0 Å². The molecule has 0 bridgehead atoms. The second-order valence-electron chi connectivity index (χ2n) is 4.48. The molecule has 2 aromatic rings. The van der Waals surface area contributed by atoms with Gasteiger partial charge < -0.3 is 5.32 Å². The Morgan fingerprint density at radius 2 is 2.00 bits per heavy atom. The highest BCUT2D eigenvalue weighted by molar-refractivity contribution is 9.10. The van der Waals surface area contributed by atoms with Crippen molar-refractivity contribution in [1.29, 1.82) is 0 Å². The fraction of sp³-hybridized carbons (Fsp3) is 0.286. The van der Waals surface area contributed by atoms with Gasteiger partial charge in [0.25, 0.3) is 0 Å². The van der Waals surface area contributed by atoms with Crippen molar-refractivity contribution in [3.63, 3.8) is 0 Å². The van der Waals surface area contributed by atoms with E-state index in [0.29, 0.717) is 0 Å². The van der Waals surface area contributed by atoms with Crippen molar-refractivity contribution in [2.45, 2.75) is 25.3 Å². The van der Waals surface area contributed by atoms with Crippen molar-refractivity contribution >= 4 is 21.6 Å². The molecular weight excluding hydrogens is 290 g/mol. The lowest BCUT2D eigenvalue weighted by Gasteiger charge is -2.26. The Labute approximate surface area is 115 Å². The molecule has 3 rings (SSSR count). The molecule has 4 heteroatoms. The number of hydrogen-bond donors (Lipinski definition) is 1. The van der Waals surface area contributed by atoms with Crippen molar-refractivity contribution in [1.82, 2.24) is 9.97 Å². The maximum absolute atomic E-state index is 4.53. The number of halogens is 1. The third kappa shape index (κ3) is 2.25. The van der Waals surface area contributed by atoms with Gasteiger partial charge in [0, 0.05) is 12.4 Å². The van der Waals surface area contributed by atoms with E-state index in [1.54, 1.807) is 6.20 Å². The number of fused-ring (bicyclic) bond motifs is 1. The number of nitrogens with zero attached hydrogens (tertiary/aromatic N) is 2. The van der Waals surface area contributed by atoms with E-state index in [2.05, 4.69) is 37.3 Å². The van der Waals surface area contributed by atoms with Gasteiger partial charge in [-0.05, 0) is 59.0 Å². The summed E-state index contributed by atoms with van der Waals surface area (Å²) in [5, 5.41) is 3.53. The standard InChI is InChI=1S/C14H14BrN3/c15-14-12(7-3-9-17-14)18-11-6-1-4-10-5-2-8-16-13(10)11/h2-3,5,7-9,11,18H,1,4,6H2. The Hall–Kier alpha value is -1.42. The molecule has 92 valence electrons. The van der Waals surface area contributed by atoms with Gasteiger partial charge >= 0.3 is 0 Å². The first-order valence-electron chi connectivity index (χ1n) is 6.15. The lowest BCUT2D eigenvalue weighted by Crippen LogP contribution is -2.19. The monoisotopic (exact) mass is 303 g/mol. The first-order chi connectivity index (χ1) is 8.84. The van der Waals surface area contributed by atoms with Crippen LogP contribution in [0.1, 0.15) is 30.1 Å². The molecule has 3 nitrogen and oxygen atoms in total. The molecule has 2 aromatic heterocycles. The summed E-state index contributed by atoms with van der Waals surface area (Å²) in [6.07, 6.45) is 7.11. The molecular formula is C14H14BrN3. The summed E-state index contributed by atoms with van der Waals surface area (Å²) in [5.41, 5.74) is 3.57. The van der Waals surface area contributed by atoms with Gasteiger partial charge in [-0.25, -0.2) is 4.98 Å². The maximum atomic E-state index is 4.53. The summed E-state index contributed by atoms with van der Waals surface area (Å²) in [7, 11) is 0. The molecule has 0 aromatic carbocycles. The molecule has 1 aliphatic carbocycles. The van der Waals surface area contributed by atoms with Crippen LogP contribution in [-0.4, -0.2) is 9.97 Å². The minimum atomic E-state index is 0.287. The normalized spacial score (nSPS) is 18.2. The van der Waals surface area contributed by atoms with Crippen LogP contribution in [0.3, 0.4) is 0 Å². The molecule has 0 amide bonds. The highest BCUT2D eigenvalue weighted by Gasteiger charge is 2.21. The van der Waals surface area contributed by atoms with E-state index in [4.69, 9.17) is 0 Å². The van der Waals surface area contributed by atoms with E-state index in [1.807, 2.05) is 24.4 Å². The molecule has 0 spiro atoms. The minimum Gasteiger partial charge on any atom is -0.374 e. The zero-order valence-corrected chi connectivity index (χ0v) is 11.5. The van der Waals surface area contributed by atoms with E-state index in [-0.39, 0.29) is 6.04 Å². The van der Waals surface area contributed by atoms with E-state index < -0.39 is 0 Å². The fourth-order valence-electron chi connectivity index (χ4n) is 2.43. The summed E-state index contributed by atoms with van der Waals surface area (Å²) in [6, 6.07) is 8.45. The van der Waals surface area contributed by atoms with Crippen molar-refractivity contribution in [3.05, 3.63) is 52.5 Å². The highest BCUT2D eigenvalue weighted by atomic mass is 79.9. The lowest BCUT2D eigenvalue weighted by atomic mass is 9.92. The minimum absolute atomic E-state index is 0.287. The molecule has 0 aliphatic heterocycles. The number of nitrogens with one attached hydrogen (secondary N) is 1. The van der Waals surface area contributed by atoms with Crippen LogP contribution < -0.4 is 5.32 Å². The second kappa shape index (κ2) is 5.06. The average Bonchev–Trinajstić information content (AvgIpc) is 2.42. The Morgan fingerprint density at radius 3 is 2.89 bits per heavy atom. The van der Waals surface area contributed by atoms with Crippen molar-refractivity contribution in [2.24, 2.45) is 0 Å². The largest absolute Gasteiger partial charge is 0.374 e. The quantitative estimate of drug-likeness (QED) is 0.859. The number of rotatable bonds is 2. The zero-order chi connectivity index (χ0) is 12.4. The van der Waals surface area contributed by atoms with Gasteiger partial charge in [-0.1, -0.05) is 6.07 Å². The predicted octanol–water partition coefficient (Wildman–Crippen LogP) is 3.73. The van der Waals surface area contributed by atoms with Crippen LogP contribution >= 0.6 is 15.9 Å². The molecule has 1 atom stereocenters. The summed E-state index contributed by atoms with van der Waals surface area (Å²) in [5.74, 6) is 0. The molecule has 0 saturated heterocycles. The average molecular weight is 304 g/mol. The molecule has 1 aliphatic rings. The summed E-state index contributed by atoms with van der Waals surface area (Å²) in [4.78, 5) is 8.76. The smallest absolute Gasteiger partial charge is 0.129 e. The maximum Gasteiger partial charge on any atom is 0.129 e. The zero-order valence-electron chi connectivity index (χ0n) is 9.94. The van der Waals surface area contributed by atoms with Crippen LogP contribution in [-0.2, 0) is 6.42 Å². The Balaban J connectivity index is 1.89. The topological polar surface area (TPSA) is 37.8 Å². The molecule has 18 heavy (non-hydrogen) atoms. The van der Waals surface area contributed by atoms with Crippen LogP contribution in [0.5, 0.6) is 0 Å². The van der Waals surface area contributed by atoms with Crippen molar-refractivity contribution in [2.75, 3.05) is 5.32 Å². The Bertz CT molecular complexity index is 556. The van der Waals surface area contributed by atoms with E-state index in [0.717, 1.165) is 23.1 Å². The van der Waals surface area contributed by atoms with Gasteiger partial charge in [0.2, 0.25) is 0 Å². The number of aromatic nitrogens is 2. The Morgan fingerprint density at radius 1 is 1.17 bits per heavy atom. The van der Waals surface area contributed by atoms with Crippen LogP contribution in [0, 0.1) is 0 Å². The first-order valence-corrected chi connectivity index (χ1v) is 6.95. The van der Waals surface area contributed by atoms with Crippen LogP contribution in [0.25, 0.3) is 0 Å². The Kier molecular flexibility index (Phi) is 3.28. The molecule has 1 unspecified atom stereocenters. The molecule has 1 N–H and O–H groups in total. The van der Waals surface area contributed by atoms with E-state index >= 15 is 0 Å². The van der Waals surface area contributed by atoms with Gasteiger partial charge in [-0.2, -0.15) is 0 Å². The molecule has 2 heterocycles. The van der Waals surface area contributed by atoms with Gasteiger partial charge in [0.1, 0.15) is 4.60 Å². The number of anilines is 1. The fourth-order valence-corrected chi connectivity index (χ4v) is 2.80. The second-order valence-corrected chi connectivity index (χ2v) is 5.23. The third-order valence-corrected chi connectivity index (χ3v) is 3.92. The first kappa shape index (κ1) is 11.7. The van der Waals surface area contributed by atoms with E-state index in [9.17, 15) is 0 Å². The third-order valence-electron chi connectivity index (χ3n) is 3.28. The summed E-state index contributed by atoms with van der Waals surface area (Å²) in [6.45, 7) is 0. The molecule has 0 radical (unpaired) electrons. The number of aryl methyl sites for hydroxylation is 1. The SMILES string of the molecule is Brc1ncccc1NC1CCCc2cccnc21. The lowest BCUT2D eigenvalue weighted by molar-refractivity contribution is 0.583.